The highest BCUT2D eigenvalue weighted by molar-refractivity contribution is 5.30. The van der Waals surface area contributed by atoms with Crippen LogP contribution in [-0.4, -0.2) is 22.0 Å². The predicted octanol–water partition coefficient (Wildman–Crippen LogP) is 7.13. The molecule has 180 valence electrons. The van der Waals surface area contributed by atoms with E-state index < -0.39 is 5.54 Å². The SMILES string of the molecule is CC(C)CCCC(C)C1CCCC2C(C(C)CC1)C(C)(NO)C=C1CC(O)CC[C@@]12C. The van der Waals surface area contributed by atoms with E-state index in [4.69, 9.17) is 0 Å². The van der Waals surface area contributed by atoms with E-state index in [1.807, 2.05) is 0 Å². The highest BCUT2D eigenvalue weighted by Crippen LogP contribution is 2.59. The molecule has 3 aliphatic rings. The van der Waals surface area contributed by atoms with Crippen molar-refractivity contribution >= 4 is 0 Å². The molecule has 0 aromatic rings. The van der Waals surface area contributed by atoms with Crippen LogP contribution in [-0.2, 0) is 0 Å². The van der Waals surface area contributed by atoms with Crippen LogP contribution in [0.25, 0.3) is 0 Å². The van der Waals surface area contributed by atoms with Gasteiger partial charge in [0.1, 0.15) is 0 Å². The van der Waals surface area contributed by atoms with Crippen molar-refractivity contribution in [3.05, 3.63) is 11.6 Å². The van der Waals surface area contributed by atoms with Crippen molar-refractivity contribution in [1.29, 1.82) is 0 Å². The van der Waals surface area contributed by atoms with E-state index in [0.717, 1.165) is 37.0 Å². The molecule has 0 aromatic carbocycles. The molecule has 3 heteroatoms. The number of fused-ring (bicyclic) bond motifs is 3. The second-order valence-corrected chi connectivity index (χ2v) is 12.6. The molecule has 3 aliphatic carbocycles. The van der Waals surface area contributed by atoms with Crippen molar-refractivity contribution in [2.24, 2.45) is 40.9 Å². The Morgan fingerprint density at radius 1 is 1.06 bits per heavy atom. The third-order valence-electron chi connectivity index (χ3n) is 9.79. The molecule has 0 bridgehead atoms. The zero-order chi connectivity index (χ0) is 22.8. The smallest absolute Gasteiger partial charge is 0.0617 e. The summed E-state index contributed by atoms with van der Waals surface area (Å²) >= 11 is 0. The third kappa shape index (κ3) is 5.41. The topological polar surface area (TPSA) is 52.5 Å². The van der Waals surface area contributed by atoms with E-state index >= 15 is 0 Å². The fraction of sp³-hybridized carbons (Fsp3) is 0.929. The second-order valence-electron chi connectivity index (χ2n) is 12.6. The summed E-state index contributed by atoms with van der Waals surface area (Å²) in [6.07, 6.45) is 15.5. The molecule has 8 atom stereocenters. The number of aliphatic hydroxyl groups excluding tert-OH is 1. The summed E-state index contributed by atoms with van der Waals surface area (Å²) in [4.78, 5) is 0. The zero-order valence-corrected chi connectivity index (χ0v) is 21.3. The maximum absolute atomic E-state index is 10.4. The summed E-state index contributed by atoms with van der Waals surface area (Å²) in [6.45, 7) is 14.3. The molecule has 3 rings (SSSR count). The fourth-order valence-electron chi connectivity index (χ4n) is 7.78. The van der Waals surface area contributed by atoms with Gasteiger partial charge in [0, 0.05) is 0 Å². The van der Waals surface area contributed by atoms with Crippen LogP contribution in [0.5, 0.6) is 0 Å². The molecule has 3 N–H and O–H groups in total. The molecule has 0 amide bonds. The molecule has 0 aromatic heterocycles. The van der Waals surface area contributed by atoms with Crippen LogP contribution in [0.1, 0.15) is 112 Å². The van der Waals surface area contributed by atoms with E-state index in [2.05, 4.69) is 53.1 Å². The van der Waals surface area contributed by atoms with Crippen molar-refractivity contribution in [3.63, 3.8) is 0 Å². The standard InChI is InChI=1S/C28H51NO2/c1-19(2)9-7-10-20(3)22-11-8-12-25-26(21(4)13-14-22)28(6,29-31)18-23-17-24(30)15-16-27(23,25)5/h18-22,24-26,29-31H,7-17H2,1-6H3/t20?,21?,22?,24?,25?,26?,27-,28?/m0/s1. The van der Waals surface area contributed by atoms with Crippen LogP contribution in [0, 0.1) is 40.9 Å². The molecule has 2 saturated carbocycles. The van der Waals surface area contributed by atoms with Crippen molar-refractivity contribution in [2.45, 2.75) is 124 Å². The lowest BCUT2D eigenvalue weighted by molar-refractivity contribution is -0.0442. The van der Waals surface area contributed by atoms with Gasteiger partial charge in [0.25, 0.3) is 0 Å². The monoisotopic (exact) mass is 433 g/mol. The molecule has 31 heavy (non-hydrogen) atoms. The third-order valence-corrected chi connectivity index (χ3v) is 9.79. The van der Waals surface area contributed by atoms with Crippen molar-refractivity contribution in [1.82, 2.24) is 5.48 Å². The Hall–Kier alpha value is -0.380. The first-order chi connectivity index (χ1) is 14.6. The van der Waals surface area contributed by atoms with E-state index in [1.54, 1.807) is 0 Å². The van der Waals surface area contributed by atoms with E-state index in [0.29, 0.717) is 17.8 Å². The number of hydrogen-bond donors (Lipinski definition) is 3. The maximum Gasteiger partial charge on any atom is 0.0617 e. The lowest BCUT2D eigenvalue weighted by atomic mass is 9.50. The number of nitrogens with one attached hydrogen (secondary N) is 1. The highest BCUT2D eigenvalue weighted by atomic mass is 16.5. The van der Waals surface area contributed by atoms with Gasteiger partial charge in [-0.05, 0) is 80.0 Å². The first kappa shape index (κ1) is 25.2. The Morgan fingerprint density at radius 2 is 1.81 bits per heavy atom. The van der Waals surface area contributed by atoms with Gasteiger partial charge in [-0.15, -0.1) is 0 Å². The number of hydroxylamine groups is 1. The minimum absolute atomic E-state index is 0.178. The van der Waals surface area contributed by atoms with Gasteiger partial charge in [0.2, 0.25) is 0 Å². The number of rotatable bonds is 6. The number of hydrogen-bond acceptors (Lipinski definition) is 3. The second kappa shape index (κ2) is 10.3. The lowest BCUT2D eigenvalue weighted by Gasteiger charge is -2.57. The molecule has 0 aliphatic heterocycles. The van der Waals surface area contributed by atoms with Gasteiger partial charge >= 0.3 is 0 Å². The van der Waals surface area contributed by atoms with Gasteiger partial charge in [0.15, 0.2) is 0 Å². The van der Waals surface area contributed by atoms with Gasteiger partial charge in [-0.3, -0.25) is 0 Å². The Bertz CT molecular complexity index is 616. The molecule has 0 radical (unpaired) electrons. The van der Waals surface area contributed by atoms with Crippen LogP contribution in [0.4, 0.5) is 0 Å². The minimum Gasteiger partial charge on any atom is -0.393 e. The maximum atomic E-state index is 10.4. The normalized spacial score (nSPS) is 42.6. The molecular formula is C28H51NO2. The summed E-state index contributed by atoms with van der Waals surface area (Å²) < 4.78 is 0. The first-order valence-electron chi connectivity index (χ1n) is 13.4. The van der Waals surface area contributed by atoms with Gasteiger partial charge < -0.3 is 10.3 Å². The van der Waals surface area contributed by atoms with Crippen LogP contribution in [0.15, 0.2) is 11.6 Å². The molecule has 0 saturated heterocycles. The summed E-state index contributed by atoms with van der Waals surface area (Å²) in [5, 5.41) is 20.7. The van der Waals surface area contributed by atoms with Crippen molar-refractivity contribution in [2.75, 3.05) is 0 Å². The van der Waals surface area contributed by atoms with Gasteiger partial charge in [0.05, 0.1) is 11.6 Å². The Morgan fingerprint density at radius 3 is 2.48 bits per heavy atom. The summed E-state index contributed by atoms with van der Waals surface area (Å²) in [6, 6.07) is 0. The summed E-state index contributed by atoms with van der Waals surface area (Å²) in [5.41, 5.74) is 3.94. The van der Waals surface area contributed by atoms with Crippen molar-refractivity contribution in [3.8, 4) is 0 Å². The molecule has 0 spiro atoms. The van der Waals surface area contributed by atoms with Gasteiger partial charge in [-0.1, -0.05) is 84.8 Å². The molecular weight excluding hydrogens is 382 g/mol. The minimum atomic E-state index is -0.390. The summed E-state index contributed by atoms with van der Waals surface area (Å²) in [5.74, 6) is 4.08. The fourth-order valence-corrected chi connectivity index (χ4v) is 7.78. The first-order valence-corrected chi connectivity index (χ1v) is 13.4. The van der Waals surface area contributed by atoms with Crippen LogP contribution in [0.3, 0.4) is 0 Å². The number of aliphatic hydroxyl groups is 1. The molecule has 7 unspecified atom stereocenters. The van der Waals surface area contributed by atoms with Crippen LogP contribution < -0.4 is 5.48 Å². The van der Waals surface area contributed by atoms with Gasteiger partial charge in [-0.25, -0.2) is 0 Å². The Kier molecular flexibility index (Phi) is 8.36. The lowest BCUT2D eigenvalue weighted by Crippen LogP contribution is -2.58. The van der Waals surface area contributed by atoms with E-state index in [9.17, 15) is 10.3 Å². The predicted molar refractivity (Wildman–Crippen MR) is 130 cm³/mol. The van der Waals surface area contributed by atoms with Crippen LogP contribution >= 0.6 is 0 Å². The Labute approximate surface area is 192 Å². The van der Waals surface area contributed by atoms with Crippen LogP contribution in [0.2, 0.25) is 0 Å². The molecule has 0 heterocycles. The zero-order valence-electron chi connectivity index (χ0n) is 21.3. The van der Waals surface area contributed by atoms with Crippen molar-refractivity contribution < 1.29 is 10.3 Å². The molecule has 2 fully saturated rings. The quantitative estimate of drug-likeness (QED) is 0.308. The highest BCUT2D eigenvalue weighted by Gasteiger charge is 2.54. The average molecular weight is 434 g/mol. The Balaban J connectivity index is 1.80. The van der Waals surface area contributed by atoms with E-state index in [1.165, 1.54) is 56.9 Å². The summed E-state index contributed by atoms with van der Waals surface area (Å²) in [7, 11) is 0. The van der Waals surface area contributed by atoms with E-state index in [-0.39, 0.29) is 11.5 Å². The van der Waals surface area contributed by atoms with Gasteiger partial charge in [-0.2, -0.15) is 5.48 Å². The largest absolute Gasteiger partial charge is 0.393 e. The average Bonchev–Trinajstić information content (AvgIpc) is 2.79. The molecule has 3 nitrogen and oxygen atoms in total.